The van der Waals surface area contributed by atoms with E-state index in [4.69, 9.17) is 9.47 Å². The summed E-state index contributed by atoms with van der Waals surface area (Å²) < 4.78 is 11.7. The van der Waals surface area contributed by atoms with Crippen LogP contribution in [0.1, 0.15) is 214 Å². The molecule has 64 heavy (non-hydrogen) atoms. The molecule has 1 aromatic rings. The molecule has 8 atom stereocenters. The van der Waals surface area contributed by atoms with Gasteiger partial charge < -0.3 is 19.5 Å². The van der Waals surface area contributed by atoms with Crippen LogP contribution in [0.15, 0.2) is 35.9 Å². The van der Waals surface area contributed by atoms with Gasteiger partial charge in [-0.2, -0.15) is 0 Å². The highest BCUT2D eigenvalue weighted by Crippen LogP contribution is 2.67. The third-order valence-corrected chi connectivity index (χ3v) is 17.2. The van der Waals surface area contributed by atoms with Crippen LogP contribution in [0.5, 0.6) is 0 Å². The summed E-state index contributed by atoms with van der Waals surface area (Å²) in [4.78, 5) is 28.0. The quantitative estimate of drug-likeness (QED) is 0.0471. The number of rotatable bonds is 30. The van der Waals surface area contributed by atoms with Crippen LogP contribution < -0.4 is 0 Å². The maximum Gasteiger partial charge on any atom is 0.310 e. The summed E-state index contributed by atoms with van der Waals surface area (Å²) in [5.41, 5.74) is 4.78. The van der Waals surface area contributed by atoms with Crippen LogP contribution >= 0.6 is 0 Å². The summed E-state index contributed by atoms with van der Waals surface area (Å²) in [5, 5.41) is 9.38. The molecule has 0 amide bonds. The van der Waals surface area contributed by atoms with E-state index in [9.17, 15) is 14.7 Å². The number of carbonyl (C=O) groups excluding carboxylic acids is 2. The Morgan fingerprint density at radius 2 is 1.36 bits per heavy atom. The number of nitrogens with zero attached hydrogens (tertiary/aromatic N) is 1. The first-order chi connectivity index (χ1) is 30.8. The van der Waals surface area contributed by atoms with E-state index in [0.717, 1.165) is 125 Å². The van der Waals surface area contributed by atoms with Crippen LogP contribution in [0.4, 0.5) is 0 Å². The monoisotopic (exact) mass is 888 g/mol. The van der Waals surface area contributed by atoms with Gasteiger partial charge >= 0.3 is 11.9 Å². The van der Waals surface area contributed by atoms with E-state index in [1.165, 1.54) is 95.5 Å². The van der Waals surface area contributed by atoms with Crippen molar-refractivity contribution in [2.75, 3.05) is 32.8 Å². The Bertz CT molecular complexity index is 1540. The highest BCUT2D eigenvalue weighted by molar-refractivity contribution is 5.72. The molecule has 4 aliphatic rings. The zero-order chi connectivity index (χ0) is 46.0. The van der Waals surface area contributed by atoms with Crippen molar-refractivity contribution < 1.29 is 24.2 Å². The van der Waals surface area contributed by atoms with Gasteiger partial charge in [-0.3, -0.25) is 9.59 Å². The molecule has 8 unspecified atom stereocenters. The molecule has 1 aromatic carbocycles. The van der Waals surface area contributed by atoms with E-state index in [2.05, 4.69) is 83.7 Å². The molecule has 4 aliphatic carbocycles. The topological polar surface area (TPSA) is 76.1 Å². The fourth-order valence-corrected chi connectivity index (χ4v) is 13.6. The molecular formula is C58H97NO5. The van der Waals surface area contributed by atoms with Crippen molar-refractivity contribution in [1.82, 2.24) is 4.90 Å². The number of aliphatic hydroxyl groups excluding tert-OH is 1. The lowest BCUT2D eigenvalue weighted by molar-refractivity contribution is -0.151. The largest absolute Gasteiger partial charge is 0.465 e. The maximum absolute atomic E-state index is 13.1. The Kier molecular flexibility index (Phi) is 22.2. The van der Waals surface area contributed by atoms with E-state index < -0.39 is 0 Å². The lowest BCUT2D eigenvalue weighted by Gasteiger charge is -2.58. The lowest BCUT2D eigenvalue weighted by atomic mass is 9.47. The molecule has 0 spiro atoms. The minimum Gasteiger partial charge on any atom is -0.465 e. The summed E-state index contributed by atoms with van der Waals surface area (Å²) in [7, 11) is 0. The van der Waals surface area contributed by atoms with E-state index >= 15 is 0 Å². The normalized spacial score (nSPS) is 27.0. The molecule has 0 bridgehead atoms. The Morgan fingerprint density at radius 1 is 0.703 bits per heavy atom. The van der Waals surface area contributed by atoms with Gasteiger partial charge in [-0.25, -0.2) is 0 Å². The number of ether oxygens (including phenoxy) is 2. The fourth-order valence-electron chi connectivity index (χ4n) is 13.6. The predicted molar refractivity (Wildman–Crippen MR) is 266 cm³/mol. The molecule has 3 fully saturated rings. The second kappa shape index (κ2) is 27.0. The van der Waals surface area contributed by atoms with Crippen molar-refractivity contribution in [1.29, 1.82) is 0 Å². The maximum atomic E-state index is 13.1. The number of esters is 2. The fraction of sp³-hybridized carbons (Fsp3) is 0.828. The first-order valence-electron chi connectivity index (χ1n) is 27.3. The van der Waals surface area contributed by atoms with Crippen molar-refractivity contribution in [3.8, 4) is 0 Å². The van der Waals surface area contributed by atoms with Crippen molar-refractivity contribution in [3.05, 3.63) is 47.0 Å². The Balaban J connectivity index is 0.911. The molecule has 0 aromatic heterocycles. The summed E-state index contributed by atoms with van der Waals surface area (Å²) in [5.74, 6) is 5.62. The average molecular weight is 888 g/mol. The Morgan fingerprint density at radius 3 is 2.05 bits per heavy atom. The van der Waals surface area contributed by atoms with Crippen LogP contribution in [-0.4, -0.2) is 60.9 Å². The van der Waals surface area contributed by atoms with E-state index in [-0.39, 0.29) is 30.1 Å². The Labute approximate surface area is 393 Å². The van der Waals surface area contributed by atoms with Crippen molar-refractivity contribution >= 4 is 11.9 Å². The lowest BCUT2D eigenvalue weighted by Crippen LogP contribution is -2.51. The number of benzene rings is 1. The molecule has 364 valence electrons. The number of carbonyl (C=O) groups is 2. The summed E-state index contributed by atoms with van der Waals surface area (Å²) >= 11 is 0. The minimum absolute atomic E-state index is 0.00946. The average Bonchev–Trinajstić information content (AvgIpc) is 3.62. The standard InChI is InChI=1S/C58H97NO5/c1-44(2)21-20-22-46(5)52-30-31-53-51-29-28-49-43-50(32-34-57(49,6)54(51)33-35-58(52,53)7)64-55(61)23-14-13-16-37-59(38-17-18-39-60)36-15-11-9-8-10-12-19-40-63-56(62)42-48-26-24-47(25-27-48)41-45(3)4/h24-28,44-46,50-54,60H,8-23,29-43H2,1-7H3. The number of allylic oxidation sites excluding steroid dienone is 1. The van der Waals surface area contributed by atoms with Crippen LogP contribution in [0.25, 0.3) is 0 Å². The predicted octanol–water partition coefficient (Wildman–Crippen LogP) is 14.3. The molecular weight excluding hydrogens is 791 g/mol. The molecule has 0 saturated heterocycles. The zero-order valence-corrected chi connectivity index (χ0v) is 42.5. The summed E-state index contributed by atoms with van der Waals surface area (Å²) in [6, 6.07) is 8.38. The number of unbranched alkanes of at least 4 members (excludes halogenated alkanes) is 9. The van der Waals surface area contributed by atoms with Gasteiger partial charge in [0.15, 0.2) is 0 Å². The molecule has 0 radical (unpaired) electrons. The minimum atomic E-state index is -0.125. The van der Waals surface area contributed by atoms with Crippen LogP contribution in [-0.2, 0) is 31.9 Å². The number of hydrogen-bond donors (Lipinski definition) is 1. The van der Waals surface area contributed by atoms with Gasteiger partial charge in [0.25, 0.3) is 0 Å². The SMILES string of the molecule is CC(C)CCCC(C)C1CCC2C3CC=C4CC(OC(=O)CCCCCN(CCCCO)CCCCCCCCCOC(=O)Cc5ccc(CC(C)C)cc5)CCC4(C)C3CCC12C. The van der Waals surface area contributed by atoms with E-state index in [0.29, 0.717) is 30.8 Å². The van der Waals surface area contributed by atoms with E-state index in [1.54, 1.807) is 5.57 Å². The molecule has 0 heterocycles. The smallest absolute Gasteiger partial charge is 0.310 e. The number of aliphatic hydroxyl groups is 1. The molecule has 0 aliphatic heterocycles. The van der Waals surface area contributed by atoms with E-state index in [1.807, 2.05) is 0 Å². The number of fused-ring (bicyclic) bond motifs is 5. The molecule has 5 rings (SSSR count). The molecule has 1 N–H and O–H groups in total. The van der Waals surface area contributed by atoms with Gasteiger partial charge in [-0.05, 0) is 173 Å². The van der Waals surface area contributed by atoms with Crippen LogP contribution in [0.2, 0.25) is 0 Å². The second-order valence-corrected chi connectivity index (χ2v) is 23.0. The van der Waals surface area contributed by atoms with Gasteiger partial charge in [-0.15, -0.1) is 0 Å². The molecule has 3 saturated carbocycles. The van der Waals surface area contributed by atoms with Crippen LogP contribution in [0.3, 0.4) is 0 Å². The van der Waals surface area contributed by atoms with Gasteiger partial charge in [0.1, 0.15) is 6.10 Å². The first kappa shape index (κ1) is 52.8. The highest BCUT2D eigenvalue weighted by Gasteiger charge is 2.59. The van der Waals surface area contributed by atoms with Gasteiger partial charge in [0, 0.05) is 19.4 Å². The highest BCUT2D eigenvalue weighted by atomic mass is 16.5. The third kappa shape index (κ3) is 16.0. The zero-order valence-electron chi connectivity index (χ0n) is 42.5. The number of hydrogen-bond acceptors (Lipinski definition) is 6. The Hall–Kier alpha value is -2.18. The van der Waals surface area contributed by atoms with Crippen molar-refractivity contribution in [3.63, 3.8) is 0 Å². The first-order valence-corrected chi connectivity index (χ1v) is 27.3. The summed E-state index contributed by atoms with van der Waals surface area (Å²) in [6.45, 7) is 21.1. The third-order valence-electron chi connectivity index (χ3n) is 17.2. The van der Waals surface area contributed by atoms with Crippen molar-refractivity contribution in [2.45, 2.75) is 222 Å². The molecule has 6 heteroatoms. The molecule has 6 nitrogen and oxygen atoms in total. The van der Waals surface area contributed by atoms with Crippen molar-refractivity contribution in [2.24, 2.45) is 52.3 Å². The van der Waals surface area contributed by atoms with Crippen LogP contribution in [0, 0.1) is 52.3 Å². The van der Waals surface area contributed by atoms with Gasteiger partial charge in [0.05, 0.1) is 13.0 Å². The van der Waals surface area contributed by atoms with Gasteiger partial charge in [0.2, 0.25) is 0 Å². The van der Waals surface area contributed by atoms with Gasteiger partial charge in [-0.1, -0.05) is 142 Å². The summed E-state index contributed by atoms with van der Waals surface area (Å²) in [6.07, 6.45) is 32.1. The second-order valence-electron chi connectivity index (χ2n) is 23.0.